The Labute approximate surface area is 128 Å². The summed E-state index contributed by atoms with van der Waals surface area (Å²) in [7, 11) is 0. The van der Waals surface area contributed by atoms with Crippen LogP contribution in [-0.2, 0) is 19.1 Å². The van der Waals surface area contributed by atoms with E-state index in [4.69, 9.17) is 10.5 Å². The fourth-order valence-corrected chi connectivity index (χ4v) is 2.27. The van der Waals surface area contributed by atoms with Gasteiger partial charge in [-0.15, -0.1) is 0 Å². The molecule has 3 amide bonds. The number of ether oxygens (including phenoxy) is 1. The maximum Gasteiger partial charge on any atom is 0.253 e. The molecule has 7 nitrogen and oxygen atoms in total. The Bertz CT molecular complexity index is 600. The first-order valence-electron chi connectivity index (χ1n) is 7.04. The lowest BCUT2D eigenvalue weighted by Gasteiger charge is -2.28. The van der Waals surface area contributed by atoms with Gasteiger partial charge >= 0.3 is 0 Å². The third kappa shape index (κ3) is 4.05. The van der Waals surface area contributed by atoms with Gasteiger partial charge in [-0.1, -0.05) is 0 Å². The number of nitrogens with zero attached hydrogens (tertiary/aromatic N) is 1. The molecule has 118 valence electrons. The molecule has 1 aromatic rings. The Kier molecular flexibility index (Phi) is 5.11. The van der Waals surface area contributed by atoms with Gasteiger partial charge in [0.15, 0.2) is 0 Å². The molecule has 2 rings (SSSR count). The highest BCUT2D eigenvalue weighted by molar-refractivity contribution is 5.97. The van der Waals surface area contributed by atoms with Gasteiger partial charge < -0.3 is 20.7 Å². The number of amides is 3. The Hall–Kier alpha value is -2.41. The van der Waals surface area contributed by atoms with Crippen LogP contribution in [0, 0.1) is 6.92 Å². The molecule has 1 aromatic carbocycles. The standard InChI is InChI=1S/C15H19N3O4/c1-10-8-11(17-14(20)5-4-13(16)19)2-3-12(10)18-6-7-22-9-15(18)21/h2-3,8H,4-7,9H2,1H3,(H2,16,19)(H,17,20). The average molecular weight is 305 g/mol. The molecule has 0 unspecified atom stereocenters. The number of nitrogens with two attached hydrogens (primary N) is 1. The third-order valence-electron chi connectivity index (χ3n) is 3.36. The molecule has 3 N–H and O–H groups in total. The Morgan fingerprint density at radius 3 is 2.77 bits per heavy atom. The van der Waals surface area contributed by atoms with Gasteiger partial charge in [0.05, 0.1) is 6.61 Å². The quantitative estimate of drug-likeness (QED) is 0.830. The molecule has 1 aliphatic rings. The van der Waals surface area contributed by atoms with Crippen molar-refractivity contribution < 1.29 is 19.1 Å². The molecule has 7 heteroatoms. The van der Waals surface area contributed by atoms with Gasteiger partial charge in [-0.3, -0.25) is 14.4 Å². The van der Waals surface area contributed by atoms with Crippen LogP contribution >= 0.6 is 0 Å². The Morgan fingerprint density at radius 1 is 1.36 bits per heavy atom. The van der Waals surface area contributed by atoms with Gasteiger partial charge in [0.2, 0.25) is 11.8 Å². The minimum Gasteiger partial charge on any atom is -0.370 e. The van der Waals surface area contributed by atoms with E-state index in [1.807, 2.05) is 6.92 Å². The van der Waals surface area contributed by atoms with Crippen LogP contribution in [0.2, 0.25) is 0 Å². The SMILES string of the molecule is Cc1cc(NC(=O)CCC(N)=O)ccc1N1CCOCC1=O. The summed E-state index contributed by atoms with van der Waals surface area (Å²) in [5, 5.41) is 2.70. The topological polar surface area (TPSA) is 102 Å². The highest BCUT2D eigenvalue weighted by Gasteiger charge is 2.21. The van der Waals surface area contributed by atoms with Gasteiger partial charge in [0, 0.05) is 30.8 Å². The van der Waals surface area contributed by atoms with E-state index < -0.39 is 5.91 Å². The van der Waals surface area contributed by atoms with Crippen LogP contribution in [-0.4, -0.2) is 37.5 Å². The van der Waals surface area contributed by atoms with Gasteiger partial charge in [-0.25, -0.2) is 0 Å². The maximum absolute atomic E-state index is 11.8. The second-order valence-electron chi connectivity index (χ2n) is 5.11. The number of hydrogen-bond donors (Lipinski definition) is 2. The number of carbonyl (C=O) groups is 3. The molecule has 0 spiro atoms. The van der Waals surface area contributed by atoms with Crippen LogP contribution in [0.3, 0.4) is 0 Å². The zero-order valence-corrected chi connectivity index (χ0v) is 12.4. The number of rotatable bonds is 5. The van der Waals surface area contributed by atoms with Crippen LogP contribution in [0.1, 0.15) is 18.4 Å². The second-order valence-corrected chi connectivity index (χ2v) is 5.11. The molecule has 0 aliphatic carbocycles. The summed E-state index contributed by atoms with van der Waals surface area (Å²) < 4.78 is 5.11. The van der Waals surface area contributed by atoms with Gasteiger partial charge in [-0.05, 0) is 30.7 Å². The molecule has 0 radical (unpaired) electrons. The predicted molar refractivity (Wildman–Crippen MR) is 81.4 cm³/mol. The van der Waals surface area contributed by atoms with Crippen LogP contribution in [0.5, 0.6) is 0 Å². The number of morpholine rings is 1. The number of carbonyl (C=O) groups excluding carboxylic acids is 3. The molecule has 22 heavy (non-hydrogen) atoms. The van der Waals surface area contributed by atoms with Crippen molar-refractivity contribution in [1.29, 1.82) is 0 Å². The van der Waals surface area contributed by atoms with Crippen molar-refractivity contribution in [1.82, 2.24) is 0 Å². The number of nitrogens with one attached hydrogen (secondary N) is 1. The summed E-state index contributed by atoms with van der Waals surface area (Å²) in [6.45, 7) is 2.99. The summed E-state index contributed by atoms with van der Waals surface area (Å²) in [6.07, 6.45) is 0.0727. The Balaban J connectivity index is 2.04. The lowest BCUT2D eigenvalue weighted by molar-refractivity contribution is -0.125. The monoisotopic (exact) mass is 305 g/mol. The van der Waals surface area contributed by atoms with Crippen LogP contribution in [0.25, 0.3) is 0 Å². The molecule has 1 heterocycles. The molecule has 0 aromatic heterocycles. The summed E-state index contributed by atoms with van der Waals surface area (Å²) in [5.41, 5.74) is 7.32. The molecular formula is C15H19N3O4. The largest absolute Gasteiger partial charge is 0.370 e. The van der Waals surface area contributed by atoms with Crippen molar-refractivity contribution in [2.45, 2.75) is 19.8 Å². The van der Waals surface area contributed by atoms with Crippen LogP contribution < -0.4 is 16.0 Å². The van der Waals surface area contributed by atoms with E-state index in [0.717, 1.165) is 11.3 Å². The molecule has 1 saturated heterocycles. The van der Waals surface area contributed by atoms with E-state index in [1.54, 1.807) is 23.1 Å². The number of benzene rings is 1. The summed E-state index contributed by atoms with van der Waals surface area (Å²) >= 11 is 0. The summed E-state index contributed by atoms with van der Waals surface area (Å²) in [4.78, 5) is 35.8. The van der Waals surface area contributed by atoms with Crippen molar-refractivity contribution in [3.8, 4) is 0 Å². The van der Waals surface area contributed by atoms with Crippen LogP contribution in [0.4, 0.5) is 11.4 Å². The fourth-order valence-electron chi connectivity index (χ4n) is 2.27. The second kappa shape index (κ2) is 7.04. The molecule has 0 atom stereocenters. The highest BCUT2D eigenvalue weighted by atomic mass is 16.5. The molecule has 0 saturated carbocycles. The van der Waals surface area contributed by atoms with Gasteiger partial charge in [0.1, 0.15) is 6.61 Å². The lowest BCUT2D eigenvalue weighted by atomic mass is 10.1. The summed E-state index contributed by atoms with van der Waals surface area (Å²) in [6, 6.07) is 5.32. The Morgan fingerprint density at radius 2 is 2.14 bits per heavy atom. The number of hydrogen-bond acceptors (Lipinski definition) is 4. The molecule has 1 fully saturated rings. The first-order valence-corrected chi connectivity index (χ1v) is 7.04. The average Bonchev–Trinajstić information content (AvgIpc) is 2.46. The maximum atomic E-state index is 11.8. The predicted octanol–water partition coefficient (Wildman–Crippen LogP) is 0.562. The summed E-state index contributed by atoms with van der Waals surface area (Å²) in [5.74, 6) is -0.853. The first kappa shape index (κ1) is 16.0. The van der Waals surface area contributed by atoms with E-state index in [2.05, 4.69) is 5.32 Å². The smallest absolute Gasteiger partial charge is 0.253 e. The van der Waals surface area contributed by atoms with Crippen molar-refractivity contribution in [3.05, 3.63) is 23.8 Å². The van der Waals surface area contributed by atoms with Crippen molar-refractivity contribution in [2.24, 2.45) is 5.73 Å². The number of primary amides is 1. The van der Waals surface area contributed by atoms with E-state index in [9.17, 15) is 14.4 Å². The van der Waals surface area contributed by atoms with E-state index in [0.29, 0.717) is 18.8 Å². The zero-order valence-electron chi connectivity index (χ0n) is 12.4. The molecule has 0 bridgehead atoms. The molecule has 1 aliphatic heterocycles. The van der Waals surface area contributed by atoms with Gasteiger partial charge in [-0.2, -0.15) is 0 Å². The van der Waals surface area contributed by atoms with Crippen molar-refractivity contribution in [3.63, 3.8) is 0 Å². The van der Waals surface area contributed by atoms with Crippen LogP contribution in [0.15, 0.2) is 18.2 Å². The number of aryl methyl sites for hydroxylation is 1. The van der Waals surface area contributed by atoms with E-state index in [1.165, 1.54) is 0 Å². The highest BCUT2D eigenvalue weighted by Crippen LogP contribution is 2.25. The van der Waals surface area contributed by atoms with E-state index >= 15 is 0 Å². The van der Waals surface area contributed by atoms with Crippen molar-refractivity contribution in [2.75, 3.05) is 30.0 Å². The minimum atomic E-state index is -0.507. The third-order valence-corrected chi connectivity index (χ3v) is 3.36. The zero-order chi connectivity index (χ0) is 16.1. The van der Waals surface area contributed by atoms with Crippen molar-refractivity contribution >= 4 is 29.1 Å². The van der Waals surface area contributed by atoms with Gasteiger partial charge in [0.25, 0.3) is 5.91 Å². The normalized spacial score (nSPS) is 14.8. The first-order chi connectivity index (χ1) is 10.5. The fraction of sp³-hybridized carbons (Fsp3) is 0.400. The van der Waals surface area contributed by atoms with E-state index in [-0.39, 0.29) is 31.3 Å². The number of anilines is 2. The molecular weight excluding hydrogens is 286 g/mol. The minimum absolute atomic E-state index is 0.0190. The lowest BCUT2D eigenvalue weighted by Crippen LogP contribution is -2.42.